The van der Waals surface area contributed by atoms with Crippen LogP contribution in [0, 0.1) is 0 Å². The Morgan fingerprint density at radius 1 is 0.853 bits per heavy atom. The van der Waals surface area contributed by atoms with Crippen molar-refractivity contribution in [3.8, 4) is 0 Å². The van der Waals surface area contributed by atoms with Crippen molar-refractivity contribution < 1.29 is 14.3 Å². The van der Waals surface area contributed by atoms with Crippen molar-refractivity contribution in [3.05, 3.63) is 83.2 Å². The van der Waals surface area contributed by atoms with Crippen molar-refractivity contribution in [2.75, 3.05) is 19.7 Å². The third-order valence-electron chi connectivity index (χ3n) is 6.35. The van der Waals surface area contributed by atoms with Gasteiger partial charge in [0, 0.05) is 70.6 Å². The Kier molecular flexibility index (Phi) is 5.57. The van der Waals surface area contributed by atoms with E-state index in [0.29, 0.717) is 11.1 Å². The second-order valence-electron chi connectivity index (χ2n) is 8.65. The highest BCUT2D eigenvalue weighted by Gasteiger charge is 2.30. The van der Waals surface area contributed by atoms with Crippen LogP contribution in [0.25, 0.3) is 34.0 Å². The molecule has 0 atom stereocenters. The number of nitrogens with zero attached hydrogens (tertiary/aromatic N) is 3. The molecule has 1 fully saturated rings. The number of piperidine rings is 1. The van der Waals surface area contributed by atoms with Crippen LogP contribution in [-0.4, -0.2) is 45.6 Å². The number of carbonyl (C=O) groups excluding carboxylic acids is 2. The lowest BCUT2D eigenvalue weighted by Gasteiger charge is -2.29. The molecule has 6 nitrogen and oxygen atoms in total. The van der Waals surface area contributed by atoms with E-state index in [1.165, 1.54) is 0 Å². The van der Waals surface area contributed by atoms with Gasteiger partial charge in [-0.1, -0.05) is 36.4 Å². The maximum Gasteiger partial charge on any atom is 0.410 e. The van der Waals surface area contributed by atoms with Crippen LogP contribution in [0.2, 0.25) is 0 Å². The van der Waals surface area contributed by atoms with Gasteiger partial charge in [0.15, 0.2) is 5.78 Å². The minimum Gasteiger partial charge on any atom is -0.450 e. The first-order chi connectivity index (χ1) is 16.5. The van der Waals surface area contributed by atoms with E-state index in [0.717, 1.165) is 32.9 Å². The van der Waals surface area contributed by atoms with Gasteiger partial charge in [0.05, 0.1) is 19.7 Å². The molecule has 5 rings (SSSR count). The number of benzene rings is 2. The van der Waals surface area contributed by atoms with Crippen molar-refractivity contribution in [2.24, 2.45) is 14.1 Å². The molecule has 34 heavy (non-hydrogen) atoms. The third kappa shape index (κ3) is 3.81. The van der Waals surface area contributed by atoms with Crippen molar-refractivity contribution >= 4 is 45.8 Å². The average Bonchev–Trinajstić information content (AvgIpc) is 3.33. The van der Waals surface area contributed by atoms with E-state index in [9.17, 15) is 9.59 Å². The van der Waals surface area contributed by atoms with Crippen molar-refractivity contribution in [1.82, 2.24) is 14.0 Å². The Bertz CT molecular complexity index is 1380. The number of hydrogen-bond donors (Lipinski definition) is 0. The minimum atomic E-state index is -0.414. The first kappa shape index (κ1) is 21.8. The summed E-state index contributed by atoms with van der Waals surface area (Å²) in [5, 5.41) is 2.14. The number of rotatable bonds is 3. The maximum atomic E-state index is 13.6. The molecule has 0 aliphatic carbocycles. The second kappa shape index (κ2) is 8.71. The van der Waals surface area contributed by atoms with Gasteiger partial charge in [0.1, 0.15) is 0 Å². The number of Topliss-reactive ketones (excluding diaryl/α,β-unsaturated/α-hetero) is 1. The molecule has 1 aliphatic heterocycles. The summed E-state index contributed by atoms with van der Waals surface area (Å²) in [6, 6.07) is 16.2. The summed E-state index contributed by atoms with van der Waals surface area (Å²) in [6.45, 7) is 2.50. The van der Waals surface area contributed by atoms with Crippen LogP contribution in [0.3, 0.4) is 0 Å². The van der Waals surface area contributed by atoms with E-state index in [-0.39, 0.29) is 25.5 Å². The second-order valence-corrected chi connectivity index (χ2v) is 8.65. The largest absolute Gasteiger partial charge is 0.450 e. The predicted molar refractivity (Wildman–Crippen MR) is 135 cm³/mol. The van der Waals surface area contributed by atoms with Gasteiger partial charge < -0.3 is 13.9 Å². The average molecular weight is 454 g/mol. The quantitative estimate of drug-likeness (QED) is 0.402. The lowest BCUT2D eigenvalue weighted by atomic mass is 9.94. The van der Waals surface area contributed by atoms with E-state index in [1.54, 1.807) is 11.8 Å². The number of ketones is 1. The van der Waals surface area contributed by atoms with Gasteiger partial charge in [-0.15, -0.1) is 0 Å². The SMILES string of the molecule is CCOC(=O)N1C/C(=C\c2cn(C)c3ccccc23)C(=O)/C(=C/c2cn(C)c3ccccc23)C1. The van der Waals surface area contributed by atoms with Crippen molar-refractivity contribution in [1.29, 1.82) is 0 Å². The molecule has 0 N–H and O–H groups in total. The molecule has 4 aromatic rings. The molecule has 0 saturated carbocycles. The normalized spacial score (nSPS) is 16.8. The molecule has 1 saturated heterocycles. The fourth-order valence-electron chi connectivity index (χ4n) is 4.73. The van der Waals surface area contributed by atoms with Crippen molar-refractivity contribution in [3.63, 3.8) is 0 Å². The number of para-hydroxylation sites is 2. The van der Waals surface area contributed by atoms with Crippen LogP contribution >= 0.6 is 0 Å². The van der Waals surface area contributed by atoms with Gasteiger partial charge in [0.25, 0.3) is 0 Å². The predicted octanol–water partition coefficient (Wildman–Crippen LogP) is 5.18. The summed E-state index contributed by atoms with van der Waals surface area (Å²) in [7, 11) is 3.98. The summed E-state index contributed by atoms with van der Waals surface area (Å²) < 4.78 is 9.37. The lowest BCUT2D eigenvalue weighted by Crippen LogP contribution is -2.41. The number of carbonyl (C=O) groups is 2. The first-order valence-corrected chi connectivity index (χ1v) is 11.4. The standard InChI is InChI=1S/C28H27N3O3/c1-4-34-28(33)31-17-21(13-19-15-29(2)25-11-7-5-9-23(19)25)27(32)22(18-31)14-20-16-30(3)26-12-8-6-10-24(20)26/h5-16H,4,17-18H2,1-3H3/b21-13+,22-14+. The van der Waals surface area contributed by atoms with Crippen LogP contribution in [0.1, 0.15) is 18.1 Å². The van der Waals surface area contributed by atoms with Crippen molar-refractivity contribution in [2.45, 2.75) is 6.92 Å². The van der Waals surface area contributed by atoms with Crippen LogP contribution < -0.4 is 0 Å². The fourth-order valence-corrected chi connectivity index (χ4v) is 4.73. The van der Waals surface area contributed by atoms with Crippen LogP contribution in [-0.2, 0) is 23.6 Å². The van der Waals surface area contributed by atoms with E-state index in [2.05, 4.69) is 12.1 Å². The zero-order chi connectivity index (χ0) is 23.8. The maximum absolute atomic E-state index is 13.6. The number of aromatic nitrogens is 2. The van der Waals surface area contributed by atoms with Gasteiger partial charge in [-0.05, 0) is 31.2 Å². The number of aryl methyl sites for hydroxylation is 2. The Balaban J connectivity index is 1.60. The zero-order valence-electron chi connectivity index (χ0n) is 19.6. The zero-order valence-corrected chi connectivity index (χ0v) is 19.6. The molecule has 0 bridgehead atoms. The Hall–Kier alpha value is -4.06. The van der Waals surface area contributed by atoms with Gasteiger partial charge >= 0.3 is 6.09 Å². The Labute approximate surface area is 198 Å². The monoisotopic (exact) mass is 453 g/mol. The van der Waals surface area contributed by atoms with Gasteiger partial charge in [-0.2, -0.15) is 0 Å². The summed E-state index contributed by atoms with van der Waals surface area (Å²) >= 11 is 0. The van der Waals surface area contributed by atoms with E-state index in [1.807, 2.05) is 84.2 Å². The minimum absolute atomic E-state index is 0.0404. The van der Waals surface area contributed by atoms with Gasteiger partial charge in [-0.3, -0.25) is 9.69 Å². The van der Waals surface area contributed by atoms with Crippen LogP contribution in [0.4, 0.5) is 4.79 Å². The molecule has 0 unspecified atom stereocenters. The molecule has 6 heteroatoms. The Morgan fingerprint density at radius 2 is 1.32 bits per heavy atom. The lowest BCUT2D eigenvalue weighted by molar-refractivity contribution is -0.113. The number of ether oxygens (including phenoxy) is 1. The number of fused-ring (bicyclic) bond motifs is 2. The molecule has 1 aliphatic rings. The van der Waals surface area contributed by atoms with E-state index >= 15 is 0 Å². The molecule has 3 heterocycles. The topological polar surface area (TPSA) is 56.5 Å². The summed E-state index contributed by atoms with van der Waals surface area (Å²) in [5.41, 5.74) is 5.23. The highest BCUT2D eigenvalue weighted by molar-refractivity contribution is 6.16. The molecule has 0 radical (unpaired) electrons. The van der Waals surface area contributed by atoms with Crippen LogP contribution in [0.15, 0.2) is 72.1 Å². The highest BCUT2D eigenvalue weighted by Crippen LogP contribution is 2.29. The third-order valence-corrected chi connectivity index (χ3v) is 6.35. The molecular formula is C28H27N3O3. The summed E-state index contributed by atoms with van der Waals surface area (Å²) in [4.78, 5) is 27.9. The fraction of sp³-hybridized carbons (Fsp3) is 0.214. The molecule has 2 aromatic carbocycles. The number of hydrogen-bond acceptors (Lipinski definition) is 3. The van der Waals surface area contributed by atoms with Gasteiger partial charge in [-0.25, -0.2) is 4.79 Å². The summed E-state index contributed by atoms with van der Waals surface area (Å²) in [6.07, 6.45) is 7.44. The highest BCUT2D eigenvalue weighted by atomic mass is 16.6. The first-order valence-electron chi connectivity index (χ1n) is 11.4. The molecular weight excluding hydrogens is 426 g/mol. The van der Waals surface area contributed by atoms with Gasteiger partial charge in [0.2, 0.25) is 0 Å². The Morgan fingerprint density at radius 3 is 1.79 bits per heavy atom. The van der Waals surface area contributed by atoms with E-state index < -0.39 is 6.09 Å². The van der Waals surface area contributed by atoms with Crippen LogP contribution in [0.5, 0.6) is 0 Å². The summed E-state index contributed by atoms with van der Waals surface area (Å²) in [5.74, 6) is -0.0404. The molecule has 0 spiro atoms. The number of likely N-dealkylation sites (tertiary alicyclic amines) is 1. The molecule has 2 aromatic heterocycles. The van der Waals surface area contributed by atoms with E-state index in [4.69, 9.17) is 4.74 Å². The molecule has 1 amide bonds. The number of amides is 1. The smallest absolute Gasteiger partial charge is 0.410 e. The molecule has 172 valence electrons.